The lowest BCUT2D eigenvalue weighted by Crippen LogP contribution is -2.16. The Morgan fingerprint density at radius 2 is 1.52 bits per heavy atom. The average Bonchev–Trinajstić information content (AvgIpc) is 3.15. The third-order valence-corrected chi connectivity index (χ3v) is 7.84. The Kier molecular flexibility index (Phi) is 12.0. The highest BCUT2D eigenvalue weighted by Crippen LogP contribution is 2.34. The average molecular weight is 466 g/mol. The highest BCUT2D eigenvalue weighted by atomic mass is 32.2. The van der Waals surface area contributed by atoms with Gasteiger partial charge in [0.15, 0.2) is 4.34 Å². The minimum absolute atomic E-state index is 0.195. The number of carboxylic acid groups (broad SMARTS) is 2. The summed E-state index contributed by atoms with van der Waals surface area (Å²) >= 11 is 2.70. The zero-order valence-electron chi connectivity index (χ0n) is 18.5. The number of thiazole rings is 1. The fourth-order valence-corrected chi connectivity index (χ4v) is 5.88. The van der Waals surface area contributed by atoms with Gasteiger partial charge in [-0.05, 0) is 24.6 Å². The van der Waals surface area contributed by atoms with Crippen LogP contribution in [0.1, 0.15) is 101 Å². The molecule has 0 saturated carbocycles. The summed E-state index contributed by atoms with van der Waals surface area (Å²) in [5, 5.41) is 18.2. The number of benzene rings is 1. The lowest BCUT2D eigenvalue weighted by Gasteiger charge is -2.10. The van der Waals surface area contributed by atoms with E-state index < -0.39 is 17.2 Å². The van der Waals surface area contributed by atoms with Crippen LogP contribution in [0.2, 0.25) is 0 Å². The van der Waals surface area contributed by atoms with Gasteiger partial charge in [-0.15, -0.1) is 11.3 Å². The normalized spacial score (nSPS) is 12.3. The smallest absolute Gasteiger partial charge is 0.335 e. The van der Waals surface area contributed by atoms with Crippen LogP contribution >= 0.6 is 23.1 Å². The maximum Gasteiger partial charge on any atom is 0.335 e. The molecule has 0 aliphatic carbocycles. The molecule has 0 aliphatic rings. The quantitative estimate of drug-likeness (QED) is 0.184. The van der Waals surface area contributed by atoms with Crippen LogP contribution in [0, 0.1) is 0 Å². The fraction of sp³-hybridized carbons (Fsp3) is 0.625. The van der Waals surface area contributed by atoms with Crippen molar-refractivity contribution in [1.82, 2.24) is 4.98 Å². The zero-order valence-corrected chi connectivity index (χ0v) is 20.1. The second-order valence-corrected chi connectivity index (χ2v) is 10.6. The van der Waals surface area contributed by atoms with Gasteiger partial charge in [0, 0.05) is 0 Å². The van der Waals surface area contributed by atoms with Gasteiger partial charge in [0.05, 0.1) is 15.8 Å². The van der Waals surface area contributed by atoms with E-state index in [1.807, 2.05) is 0 Å². The first-order valence-corrected chi connectivity index (χ1v) is 13.2. The first kappa shape index (κ1) is 25.7. The molecule has 172 valence electrons. The van der Waals surface area contributed by atoms with Crippen LogP contribution in [0.5, 0.6) is 0 Å². The molecule has 0 saturated heterocycles. The molecule has 2 N–H and O–H groups in total. The molecule has 0 radical (unpaired) electrons. The molecular weight excluding hydrogens is 430 g/mol. The zero-order chi connectivity index (χ0) is 22.5. The van der Waals surface area contributed by atoms with E-state index in [-0.39, 0.29) is 5.56 Å². The lowest BCUT2D eigenvalue weighted by molar-refractivity contribution is -0.136. The summed E-state index contributed by atoms with van der Waals surface area (Å²) in [5.41, 5.74) is 0.808. The van der Waals surface area contributed by atoms with Crippen molar-refractivity contribution in [3.8, 4) is 0 Å². The number of carbonyl (C=O) groups is 2. The van der Waals surface area contributed by atoms with Gasteiger partial charge < -0.3 is 10.2 Å². The van der Waals surface area contributed by atoms with Gasteiger partial charge in [0.1, 0.15) is 5.25 Å². The van der Waals surface area contributed by atoms with Gasteiger partial charge >= 0.3 is 11.9 Å². The minimum atomic E-state index is -0.987. The van der Waals surface area contributed by atoms with Crippen molar-refractivity contribution in [2.24, 2.45) is 0 Å². The van der Waals surface area contributed by atoms with Crippen LogP contribution in [0.15, 0.2) is 22.5 Å². The third kappa shape index (κ3) is 9.60. The van der Waals surface area contributed by atoms with Crippen LogP contribution in [0.3, 0.4) is 0 Å². The third-order valence-electron chi connectivity index (χ3n) is 5.45. The number of hydrogen-bond acceptors (Lipinski definition) is 5. The van der Waals surface area contributed by atoms with Crippen LogP contribution in [0.25, 0.3) is 10.2 Å². The molecule has 1 unspecified atom stereocenters. The molecule has 5 nitrogen and oxygen atoms in total. The minimum Gasteiger partial charge on any atom is -0.480 e. The van der Waals surface area contributed by atoms with Crippen LogP contribution in [-0.2, 0) is 4.79 Å². The molecule has 0 spiro atoms. The molecule has 2 aromatic rings. The van der Waals surface area contributed by atoms with Gasteiger partial charge in [0.2, 0.25) is 0 Å². The van der Waals surface area contributed by atoms with E-state index in [0.29, 0.717) is 16.3 Å². The van der Waals surface area contributed by atoms with E-state index in [4.69, 9.17) is 5.11 Å². The molecule has 0 amide bonds. The van der Waals surface area contributed by atoms with E-state index in [0.717, 1.165) is 17.5 Å². The summed E-state index contributed by atoms with van der Waals surface area (Å²) in [7, 11) is 0. The number of aliphatic carboxylic acids is 1. The predicted molar refractivity (Wildman–Crippen MR) is 130 cm³/mol. The summed E-state index contributed by atoms with van der Waals surface area (Å²) in [6, 6.07) is 4.83. The fourth-order valence-electron chi connectivity index (χ4n) is 3.61. The summed E-state index contributed by atoms with van der Waals surface area (Å²) in [6.45, 7) is 2.25. The molecule has 7 heteroatoms. The van der Waals surface area contributed by atoms with E-state index >= 15 is 0 Å². The Morgan fingerprint density at radius 1 is 0.935 bits per heavy atom. The van der Waals surface area contributed by atoms with Crippen molar-refractivity contribution in [1.29, 1.82) is 0 Å². The Hall–Kier alpha value is -1.60. The molecule has 1 atom stereocenters. The van der Waals surface area contributed by atoms with Crippen molar-refractivity contribution in [3.05, 3.63) is 23.8 Å². The van der Waals surface area contributed by atoms with Crippen molar-refractivity contribution in [3.63, 3.8) is 0 Å². The molecule has 0 bridgehead atoms. The Balaban J connectivity index is 1.65. The number of aromatic carboxylic acids is 1. The van der Waals surface area contributed by atoms with Gasteiger partial charge in [0.25, 0.3) is 0 Å². The monoisotopic (exact) mass is 465 g/mol. The van der Waals surface area contributed by atoms with Crippen LogP contribution in [0.4, 0.5) is 0 Å². The molecule has 2 rings (SSSR count). The van der Waals surface area contributed by atoms with Crippen molar-refractivity contribution in [2.75, 3.05) is 0 Å². The number of rotatable bonds is 17. The van der Waals surface area contributed by atoms with E-state index in [9.17, 15) is 14.7 Å². The second-order valence-electron chi connectivity index (χ2n) is 8.09. The summed E-state index contributed by atoms with van der Waals surface area (Å²) in [6.07, 6.45) is 15.8. The largest absolute Gasteiger partial charge is 0.480 e. The highest BCUT2D eigenvalue weighted by molar-refractivity contribution is 8.02. The summed E-state index contributed by atoms with van der Waals surface area (Å²) in [5.74, 6) is -1.79. The van der Waals surface area contributed by atoms with Crippen LogP contribution in [-0.4, -0.2) is 32.4 Å². The standard InChI is InChI=1S/C24H35NO4S2/c1-2-3-4-5-6-7-8-9-10-11-12-13-14-21(23(28)29)31-24-25-19-17-18(22(26)27)15-16-20(19)30-24/h15-17,21H,2-14H2,1H3,(H,26,27)(H,28,29). The number of fused-ring (bicyclic) bond motifs is 1. The first-order chi connectivity index (χ1) is 15.0. The number of unbranched alkanes of at least 4 members (excludes halogenated alkanes) is 11. The molecule has 1 heterocycles. The van der Waals surface area contributed by atoms with E-state index in [2.05, 4.69) is 11.9 Å². The molecule has 1 aromatic carbocycles. The topological polar surface area (TPSA) is 87.5 Å². The van der Waals surface area contributed by atoms with Gasteiger partial charge in [-0.1, -0.05) is 95.7 Å². The number of nitrogens with zero attached hydrogens (tertiary/aromatic N) is 1. The number of aromatic nitrogens is 1. The Labute approximate surface area is 193 Å². The molecular formula is C24H35NO4S2. The van der Waals surface area contributed by atoms with E-state index in [1.165, 1.54) is 87.3 Å². The molecule has 0 aliphatic heterocycles. The number of thioether (sulfide) groups is 1. The summed E-state index contributed by atoms with van der Waals surface area (Å²) in [4.78, 5) is 27.2. The van der Waals surface area contributed by atoms with Crippen molar-refractivity contribution < 1.29 is 19.8 Å². The highest BCUT2D eigenvalue weighted by Gasteiger charge is 2.21. The maximum atomic E-state index is 11.7. The SMILES string of the molecule is CCCCCCCCCCCCCCC(Sc1nc2cc(C(=O)O)ccc2s1)C(=O)O. The summed E-state index contributed by atoms with van der Waals surface area (Å²) < 4.78 is 1.56. The number of hydrogen-bond donors (Lipinski definition) is 2. The van der Waals surface area contributed by atoms with E-state index in [1.54, 1.807) is 18.2 Å². The maximum absolute atomic E-state index is 11.7. The van der Waals surface area contributed by atoms with Crippen molar-refractivity contribution >= 4 is 45.3 Å². The Morgan fingerprint density at radius 3 is 2.06 bits per heavy atom. The molecule has 0 fully saturated rings. The Bertz CT molecular complexity index is 821. The second kappa shape index (κ2) is 14.5. The van der Waals surface area contributed by atoms with Crippen molar-refractivity contribution in [2.45, 2.75) is 100.0 Å². The first-order valence-electron chi connectivity index (χ1n) is 11.5. The predicted octanol–water partition coefficient (Wildman–Crippen LogP) is 7.63. The van der Waals surface area contributed by atoms with Gasteiger partial charge in [-0.3, -0.25) is 4.79 Å². The van der Waals surface area contributed by atoms with Gasteiger partial charge in [-0.25, -0.2) is 9.78 Å². The molecule has 1 aromatic heterocycles. The molecule has 31 heavy (non-hydrogen) atoms. The number of carboxylic acids is 2. The van der Waals surface area contributed by atoms with Crippen LogP contribution < -0.4 is 0 Å². The lowest BCUT2D eigenvalue weighted by atomic mass is 10.0. The van der Waals surface area contributed by atoms with Gasteiger partial charge in [-0.2, -0.15) is 0 Å².